The van der Waals surface area contributed by atoms with E-state index >= 15 is 0 Å². The molecule has 0 saturated heterocycles. The van der Waals surface area contributed by atoms with Gasteiger partial charge in [0.1, 0.15) is 18.0 Å². The monoisotopic (exact) mass is 421 g/mol. The Labute approximate surface area is 147 Å². The van der Waals surface area contributed by atoms with E-state index in [1.165, 1.54) is 4.72 Å². The molecule has 0 atom stereocenters. The molecule has 2 aromatic rings. The van der Waals surface area contributed by atoms with E-state index in [-0.39, 0.29) is 10.2 Å². The van der Waals surface area contributed by atoms with Crippen LogP contribution in [0.5, 0.6) is 0 Å². The number of alkyl halides is 6. The van der Waals surface area contributed by atoms with Crippen molar-refractivity contribution in [3.63, 3.8) is 0 Å². The lowest BCUT2D eigenvalue weighted by Crippen LogP contribution is -2.34. The van der Waals surface area contributed by atoms with Crippen LogP contribution in [0.15, 0.2) is 17.0 Å². The second-order valence-corrected chi connectivity index (χ2v) is 6.95. The Bertz CT molecular complexity index is 966. The van der Waals surface area contributed by atoms with Gasteiger partial charge in [0, 0.05) is 0 Å². The van der Waals surface area contributed by atoms with Crippen LogP contribution in [0.3, 0.4) is 0 Å². The summed E-state index contributed by atoms with van der Waals surface area (Å²) < 4.78 is 114. The summed E-state index contributed by atoms with van der Waals surface area (Å²) in [6.45, 7) is -0.813. The number of nitrogens with one attached hydrogen (secondary N) is 1. The Morgan fingerprint density at radius 3 is 2.26 bits per heavy atom. The van der Waals surface area contributed by atoms with Crippen LogP contribution in [0.2, 0.25) is 0 Å². The highest BCUT2D eigenvalue weighted by Crippen LogP contribution is 2.29. The van der Waals surface area contributed by atoms with Crippen molar-refractivity contribution >= 4 is 16.0 Å². The molecule has 1 aromatic carbocycles. The zero-order valence-electron chi connectivity index (χ0n) is 13.2. The lowest BCUT2D eigenvalue weighted by atomic mass is 10.2. The van der Waals surface area contributed by atoms with Crippen LogP contribution in [0.1, 0.15) is 11.4 Å². The maximum absolute atomic E-state index is 14.1. The van der Waals surface area contributed by atoms with E-state index in [0.717, 1.165) is 6.92 Å². The number of halogens is 7. The Hall–Kier alpha value is -2.42. The minimum atomic E-state index is -5.01. The van der Waals surface area contributed by atoms with Crippen LogP contribution in [0, 0.1) is 12.7 Å². The van der Waals surface area contributed by atoms with Gasteiger partial charge in [-0.1, -0.05) is 0 Å². The van der Waals surface area contributed by atoms with Gasteiger partial charge in [-0.25, -0.2) is 17.5 Å². The SMILES string of the molecule is Cc1cc(F)c(-n2nc(C(F)(F)F)nc2N)cc1S(=O)(=O)NCC(F)(F)F. The fourth-order valence-corrected chi connectivity index (χ4v) is 3.23. The van der Waals surface area contributed by atoms with E-state index in [1.807, 2.05) is 0 Å². The molecule has 0 bridgehead atoms. The molecule has 150 valence electrons. The zero-order chi connectivity index (χ0) is 20.8. The summed E-state index contributed by atoms with van der Waals surface area (Å²) in [4.78, 5) is 2.11. The Morgan fingerprint density at radius 1 is 1.19 bits per heavy atom. The number of rotatable bonds is 4. The van der Waals surface area contributed by atoms with Crippen LogP contribution >= 0.6 is 0 Å². The summed E-state index contributed by atoms with van der Waals surface area (Å²) in [6, 6.07) is 1.11. The molecule has 1 aromatic heterocycles. The molecule has 0 aliphatic heterocycles. The first-order chi connectivity index (χ1) is 12.1. The Balaban J connectivity index is 2.56. The summed E-state index contributed by atoms with van der Waals surface area (Å²) in [5, 5.41) is 2.97. The van der Waals surface area contributed by atoms with Gasteiger partial charge in [0.2, 0.25) is 16.0 Å². The molecule has 0 unspecified atom stereocenters. The van der Waals surface area contributed by atoms with Gasteiger partial charge in [0.05, 0.1) is 4.90 Å². The molecule has 15 heteroatoms. The molecular weight excluding hydrogens is 411 g/mol. The lowest BCUT2D eigenvalue weighted by Gasteiger charge is -2.13. The summed E-state index contributed by atoms with van der Waals surface area (Å²) in [5.74, 6) is -3.83. The van der Waals surface area contributed by atoms with Gasteiger partial charge in [-0.3, -0.25) is 0 Å². The van der Waals surface area contributed by atoms with Gasteiger partial charge in [-0.15, -0.1) is 5.10 Å². The number of aromatic nitrogens is 3. The van der Waals surface area contributed by atoms with Gasteiger partial charge in [0.25, 0.3) is 5.82 Å². The van der Waals surface area contributed by atoms with Crippen molar-refractivity contribution in [2.75, 3.05) is 12.3 Å². The number of aryl methyl sites for hydroxylation is 1. The normalized spacial score (nSPS) is 13.2. The number of anilines is 1. The highest BCUT2D eigenvalue weighted by Gasteiger charge is 2.37. The van der Waals surface area contributed by atoms with E-state index in [9.17, 15) is 39.2 Å². The van der Waals surface area contributed by atoms with E-state index < -0.39 is 57.1 Å². The van der Waals surface area contributed by atoms with Crippen molar-refractivity contribution in [3.05, 3.63) is 29.3 Å². The molecule has 0 spiro atoms. The summed E-state index contributed by atoms with van der Waals surface area (Å²) in [6.07, 6.45) is -9.87. The number of nitrogens with two attached hydrogens (primary N) is 1. The molecule has 0 saturated carbocycles. The van der Waals surface area contributed by atoms with Crippen molar-refractivity contribution < 1.29 is 39.2 Å². The van der Waals surface area contributed by atoms with E-state index in [0.29, 0.717) is 12.1 Å². The second-order valence-electron chi connectivity index (χ2n) is 5.21. The van der Waals surface area contributed by atoms with Crippen molar-refractivity contribution in [1.82, 2.24) is 19.5 Å². The molecule has 0 aliphatic carbocycles. The van der Waals surface area contributed by atoms with Crippen LogP contribution in [0.25, 0.3) is 5.69 Å². The highest BCUT2D eigenvalue weighted by atomic mass is 32.2. The van der Waals surface area contributed by atoms with Gasteiger partial charge in [-0.2, -0.15) is 36.0 Å². The second kappa shape index (κ2) is 6.63. The summed E-state index contributed by atoms with van der Waals surface area (Å²) >= 11 is 0. The van der Waals surface area contributed by atoms with Gasteiger partial charge < -0.3 is 5.73 Å². The molecular formula is C12H10F7N5O2S. The molecule has 0 radical (unpaired) electrons. The molecule has 0 fully saturated rings. The topological polar surface area (TPSA) is 103 Å². The first-order valence-corrected chi connectivity index (χ1v) is 8.27. The van der Waals surface area contributed by atoms with Crippen molar-refractivity contribution in [2.24, 2.45) is 0 Å². The largest absolute Gasteiger partial charge is 0.453 e. The average Bonchev–Trinajstić information content (AvgIpc) is 2.86. The number of sulfonamides is 1. The third-order valence-electron chi connectivity index (χ3n) is 3.11. The minimum Gasteiger partial charge on any atom is -0.368 e. The summed E-state index contributed by atoms with van der Waals surface area (Å²) in [7, 11) is -4.77. The zero-order valence-corrected chi connectivity index (χ0v) is 14.0. The van der Waals surface area contributed by atoms with Crippen LogP contribution in [-0.2, 0) is 16.2 Å². The molecule has 0 amide bonds. The first-order valence-electron chi connectivity index (χ1n) is 6.78. The Kier molecular flexibility index (Phi) is 5.13. The van der Waals surface area contributed by atoms with Gasteiger partial charge in [0.15, 0.2) is 0 Å². The quantitative estimate of drug-likeness (QED) is 0.737. The van der Waals surface area contributed by atoms with Crippen LogP contribution in [0.4, 0.5) is 36.7 Å². The van der Waals surface area contributed by atoms with Gasteiger partial charge >= 0.3 is 12.4 Å². The maximum atomic E-state index is 14.1. The number of hydrogen-bond acceptors (Lipinski definition) is 5. The van der Waals surface area contributed by atoms with Crippen LogP contribution in [-0.4, -0.2) is 35.9 Å². The average molecular weight is 421 g/mol. The predicted octanol–water partition coefficient (Wildman–Crippen LogP) is 2.16. The molecule has 2 rings (SSSR count). The highest BCUT2D eigenvalue weighted by molar-refractivity contribution is 7.89. The summed E-state index contributed by atoms with van der Waals surface area (Å²) in [5.41, 5.74) is 4.13. The number of nitrogen functional groups attached to an aromatic ring is 1. The van der Waals surface area contributed by atoms with Gasteiger partial charge in [-0.05, 0) is 24.6 Å². The van der Waals surface area contributed by atoms with Crippen molar-refractivity contribution in [1.29, 1.82) is 0 Å². The molecule has 1 heterocycles. The van der Waals surface area contributed by atoms with E-state index in [1.54, 1.807) is 0 Å². The number of benzene rings is 1. The predicted molar refractivity (Wildman–Crippen MR) is 76.7 cm³/mol. The molecule has 7 nitrogen and oxygen atoms in total. The van der Waals surface area contributed by atoms with Crippen molar-refractivity contribution in [2.45, 2.75) is 24.2 Å². The smallest absolute Gasteiger partial charge is 0.368 e. The standard InChI is InChI=1S/C12H10F7N5O2S/c1-5-2-6(13)7(24-10(20)22-9(23-24)12(17,18)19)3-8(5)27(25,26)21-4-11(14,15)16/h2-3,21H,4H2,1H3,(H2,20,22,23). The van der Waals surface area contributed by atoms with Crippen LogP contribution < -0.4 is 10.5 Å². The van der Waals surface area contributed by atoms with Crippen molar-refractivity contribution in [3.8, 4) is 5.69 Å². The number of nitrogens with zero attached hydrogens (tertiary/aromatic N) is 3. The molecule has 0 aliphatic rings. The molecule has 27 heavy (non-hydrogen) atoms. The third kappa shape index (κ3) is 4.65. The van der Waals surface area contributed by atoms with E-state index in [2.05, 4.69) is 10.1 Å². The Morgan fingerprint density at radius 2 is 1.78 bits per heavy atom. The molecule has 3 N–H and O–H groups in total. The number of hydrogen-bond donors (Lipinski definition) is 2. The minimum absolute atomic E-state index is 0.195. The fourth-order valence-electron chi connectivity index (χ4n) is 1.97. The first kappa shape index (κ1) is 20.9. The fraction of sp³-hybridized carbons (Fsp3) is 0.333. The third-order valence-corrected chi connectivity index (χ3v) is 4.65. The lowest BCUT2D eigenvalue weighted by molar-refractivity contribution is -0.144. The van der Waals surface area contributed by atoms with E-state index in [4.69, 9.17) is 5.73 Å². The maximum Gasteiger partial charge on any atom is 0.453 e.